The fourth-order valence-corrected chi connectivity index (χ4v) is 4.57. The molecule has 164 valence electrons. The number of benzene rings is 1. The van der Waals surface area contributed by atoms with Crippen molar-refractivity contribution in [3.8, 4) is 0 Å². The molecule has 2 aliphatic heterocycles. The first kappa shape index (κ1) is 22.1. The van der Waals surface area contributed by atoms with Crippen molar-refractivity contribution in [2.24, 2.45) is 0 Å². The predicted molar refractivity (Wildman–Crippen MR) is 119 cm³/mol. The second-order valence-corrected chi connectivity index (χ2v) is 8.40. The van der Waals surface area contributed by atoms with Crippen LogP contribution in [-0.4, -0.2) is 47.9 Å². The summed E-state index contributed by atoms with van der Waals surface area (Å²) in [4.78, 5) is 41.3. The van der Waals surface area contributed by atoms with Gasteiger partial charge in [0.1, 0.15) is 12.1 Å². The number of amides is 4. The van der Waals surface area contributed by atoms with Gasteiger partial charge in [-0.15, -0.1) is 0 Å². The van der Waals surface area contributed by atoms with E-state index in [0.717, 1.165) is 36.5 Å². The van der Waals surface area contributed by atoms with E-state index >= 15 is 0 Å². The molecule has 7 nitrogen and oxygen atoms in total. The van der Waals surface area contributed by atoms with Gasteiger partial charge >= 0.3 is 6.03 Å². The Balaban J connectivity index is 1.59. The third-order valence-electron chi connectivity index (χ3n) is 6.02. The number of nitrogens with one attached hydrogen (secondary N) is 2. The van der Waals surface area contributed by atoms with Gasteiger partial charge in [0.25, 0.3) is 5.91 Å². The molecule has 2 heterocycles. The fourth-order valence-electron chi connectivity index (χ4n) is 4.57. The van der Waals surface area contributed by atoms with Crippen molar-refractivity contribution in [1.29, 1.82) is 0 Å². The van der Waals surface area contributed by atoms with Crippen molar-refractivity contribution in [2.45, 2.75) is 70.8 Å². The Kier molecular flexibility index (Phi) is 7.34. The second kappa shape index (κ2) is 9.96. The number of anilines is 2. The van der Waals surface area contributed by atoms with Gasteiger partial charge < -0.3 is 15.5 Å². The number of imide groups is 1. The van der Waals surface area contributed by atoms with Gasteiger partial charge in [-0.2, -0.15) is 0 Å². The van der Waals surface area contributed by atoms with E-state index in [1.54, 1.807) is 0 Å². The summed E-state index contributed by atoms with van der Waals surface area (Å²) in [5.74, 6) is -0.660. The molecule has 0 aromatic heterocycles. The average Bonchev–Trinajstić information content (AvgIpc) is 2.92. The minimum atomic E-state index is -0.865. The van der Waals surface area contributed by atoms with Crippen LogP contribution in [0.1, 0.15) is 65.2 Å². The summed E-state index contributed by atoms with van der Waals surface area (Å²) in [6.07, 6.45) is 7.73. The quantitative estimate of drug-likeness (QED) is 0.632. The van der Waals surface area contributed by atoms with Crippen LogP contribution in [0.4, 0.5) is 16.2 Å². The Morgan fingerprint density at radius 1 is 1.00 bits per heavy atom. The Hall–Kier alpha value is -2.57. The van der Waals surface area contributed by atoms with E-state index in [0.29, 0.717) is 18.5 Å². The van der Waals surface area contributed by atoms with Crippen LogP contribution in [0, 0.1) is 0 Å². The first-order chi connectivity index (χ1) is 14.5. The maximum Gasteiger partial charge on any atom is 0.325 e. The number of nitrogens with zero attached hydrogens (tertiary/aromatic N) is 2. The van der Waals surface area contributed by atoms with E-state index in [9.17, 15) is 14.4 Å². The first-order valence-corrected chi connectivity index (χ1v) is 11.3. The van der Waals surface area contributed by atoms with E-state index in [2.05, 4.69) is 15.5 Å². The Labute approximate surface area is 179 Å². The highest BCUT2D eigenvalue weighted by Gasteiger charge is 2.50. The number of hydrogen-bond acceptors (Lipinski definition) is 4. The van der Waals surface area contributed by atoms with Crippen LogP contribution in [-0.2, 0) is 9.59 Å². The minimum absolute atomic E-state index is 0.270. The Morgan fingerprint density at radius 3 is 2.17 bits per heavy atom. The first-order valence-electron chi connectivity index (χ1n) is 11.3. The van der Waals surface area contributed by atoms with Crippen LogP contribution >= 0.6 is 0 Å². The third-order valence-corrected chi connectivity index (χ3v) is 6.02. The van der Waals surface area contributed by atoms with Crippen molar-refractivity contribution in [3.63, 3.8) is 0 Å². The lowest BCUT2D eigenvalue weighted by Gasteiger charge is -2.25. The number of urea groups is 1. The van der Waals surface area contributed by atoms with Gasteiger partial charge in [-0.1, -0.05) is 39.5 Å². The molecule has 2 N–H and O–H groups in total. The fraction of sp³-hybridized carbons (Fsp3) is 0.609. The zero-order valence-electron chi connectivity index (χ0n) is 18.2. The van der Waals surface area contributed by atoms with Gasteiger partial charge in [0, 0.05) is 24.5 Å². The third kappa shape index (κ3) is 4.94. The van der Waals surface area contributed by atoms with Gasteiger partial charge in [0.15, 0.2) is 0 Å². The molecule has 4 amide bonds. The molecule has 2 aliphatic rings. The molecule has 0 unspecified atom stereocenters. The molecule has 1 aromatic rings. The topological polar surface area (TPSA) is 81.8 Å². The van der Waals surface area contributed by atoms with Crippen LogP contribution in [0.25, 0.3) is 0 Å². The van der Waals surface area contributed by atoms with Crippen LogP contribution in [0.3, 0.4) is 0 Å². The zero-order chi connectivity index (χ0) is 21.6. The van der Waals surface area contributed by atoms with E-state index in [1.807, 2.05) is 38.1 Å². The summed E-state index contributed by atoms with van der Waals surface area (Å²) in [5.41, 5.74) is 0.960. The smallest absolute Gasteiger partial charge is 0.325 e. The van der Waals surface area contributed by atoms with E-state index in [-0.39, 0.29) is 18.4 Å². The molecule has 0 saturated carbocycles. The summed E-state index contributed by atoms with van der Waals surface area (Å²) in [7, 11) is 0. The molecule has 0 atom stereocenters. The van der Waals surface area contributed by atoms with Crippen molar-refractivity contribution in [2.75, 3.05) is 29.9 Å². The highest BCUT2D eigenvalue weighted by Crippen LogP contribution is 2.28. The highest BCUT2D eigenvalue weighted by atomic mass is 16.2. The molecule has 2 fully saturated rings. The summed E-state index contributed by atoms with van der Waals surface area (Å²) < 4.78 is 0. The number of carbonyl (C=O) groups excluding carboxylic acids is 3. The maximum absolute atomic E-state index is 12.9. The lowest BCUT2D eigenvalue weighted by atomic mass is 9.88. The molecule has 0 aliphatic carbocycles. The second-order valence-electron chi connectivity index (χ2n) is 8.40. The highest BCUT2D eigenvalue weighted by molar-refractivity contribution is 6.10. The van der Waals surface area contributed by atoms with E-state index in [4.69, 9.17) is 0 Å². The number of carbonyl (C=O) groups is 3. The molecule has 2 saturated heterocycles. The molecule has 7 heteroatoms. The van der Waals surface area contributed by atoms with Crippen molar-refractivity contribution < 1.29 is 14.4 Å². The lowest BCUT2D eigenvalue weighted by Crippen LogP contribution is -2.47. The normalized spacial score (nSPS) is 18.9. The molecule has 30 heavy (non-hydrogen) atoms. The summed E-state index contributed by atoms with van der Waals surface area (Å²) in [6.45, 7) is 5.83. The van der Waals surface area contributed by atoms with Crippen LogP contribution in [0.15, 0.2) is 24.3 Å². The van der Waals surface area contributed by atoms with Crippen LogP contribution in [0.5, 0.6) is 0 Å². The SMILES string of the molecule is CCCC1(CCC)NC(=O)N(CC(=O)Nc2ccc(N3CCCCCC3)cc2)C1=O. The number of hydrogen-bond donors (Lipinski definition) is 2. The molecule has 0 spiro atoms. The maximum atomic E-state index is 12.9. The molecular weight excluding hydrogens is 380 g/mol. The largest absolute Gasteiger partial charge is 0.372 e. The summed E-state index contributed by atoms with van der Waals surface area (Å²) in [5, 5.41) is 5.65. The van der Waals surface area contributed by atoms with E-state index < -0.39 is 11.6 Å². The molecule has 3 rings (SSSR count). The van der Waals surface area contributed by atoms with Gasteiger partial charge in [-0.05, 0) is 49.9 Å². The van der Waals surface area contributed by atoms with Gasteiger partial charge in [0.2, 0.25) is 5.91 Å². The van der Waals surface area contributed by atoms with E-state index in [1.165, 1.54) is 25.7 Å². The Bertz CT molecular complexity index is 748. The predicted octanol–water partition coefficient (Wildman–Crippen LogP) is 3.90. The van der Waals surface area contributed by atoms with Crippen LogP contribution < -0.4 is 15.5 Å². The molecule has 1 aromatic carbocycles. The van der Waals surface area contributed by atoms with Crippen molar-refractivity contribution in [3.05, 3.63) is 24.3 Å². The van der Waals surface area contributed by atoms with Crippen molar-refractivity contribution in [1.82, 2.24) is 10.2 Å². The molecule has 0 bridgehead atoms. The Morgan fingerprint density at radius 2 is 1.60 bits per heavy atom. The zero-order valence-corrected chi connectivity index (χ0v) is 18.2. The van der Waals surface area contributed by atoms with Crippen LogP contribution in [0.2, 0.25) is 0 Å². The molecule has 0 radical (unpaired) electrons. The standard InChI is InChI=1S/C23H34N4O3/c1-3-13-23(14-4-2)21(29)27(22(30)25-23)17-20(28)24-18-9-11-19(12-10-18)26-15-7-5-6-8-16-26/h9-12H,3-8,13-17H2,1-2H3,(H,24,28)(H,25,30). The van der Waals surface area contributed by atoms with Crippen molar-refractivity contribution >= 4 is 29.2 Å². The van der Waals surface area contributed by atoms with Gasteiger partial charge in [-0.25, -0.2) is 4.79 Å². The summed E-state index contributed by atoms with van der Waals surface area (Å²) in [6, 6.07) is 7.31. The average molecular weight is 415 g/mol. The lowest BCUT2D eigenvalue weighted by molar-refractivity contribution is -0.134. The molecular formula is C23H34N4O3. The monoisotopic (exact) mass is 414 g/mol. The number of rotatable bonds is 8. The van der Waals surface area contributed by atoms with Gasteiger partial charge in [-0.3, -0.25) is 14.5 Å². The summed E-state index contributed by atoms with van der Waals surface area (Å²) >= 11 is 0. The van der Waals surface area contributed by atoms with Gasteiger partial charge in [0.05, 0.1) is 0 Å². The minimum Gasteiger partial charge on any atom is -0.372 e.